The first kappa shape index (κ1) is 18.7. The SMILES string of the molecule is C=CCOCCN1C(=O)[C@@H]2C3c4ccccc4C([N+](=O)[O-])(c4ccccc43)[C@H]2C1=O. The topological polar surface area (TPSA) is 89.8 Å². The highest BCUT2D eigenvalue weighted by Gasteiger charge is 2.74. The molecule has 0 radical (unpaired) electrons. The molecule has 0 saturated carbocycles. The quantitative estimate of drug-likeness (QED) is 0.243. The minimum Gasteiger partial charge on any atom is -0.376 e. The molecule has 1 saturated heterocycles. The van der Waals surface area contributed by atoms with Crippen LogP contribution in [-0.2, 0) is 19.9 Å². The van der Waals surface area contributed by atoms with Crippen LogP contribution in [0.2, 0.25) is 0 Å². The molecule has 4 aliphatic rings. The highest BCUT2D eigenvalue weighted by molar-refractivity contribution is 6.08. The van der Waals surface area contributed by atoms with Gasteiger partial charge >= 0.3 is 0 Å². The van der Waals surface area contributed by atoms with Gasteiger partial charge in [-0.1, -0.05) is 54.6 Å². The summed E-state index contributed by atoms with van der Waals surface area (Å²) in [5.74, 6) is -3.06. The molecule has 2 atom stereocenters. The van der Waals surface area contributed by atoms with Crippen LogP contribution in [0.5, 0.6) is 0 Å². The van der Waals surface area contributed by atoms with Crippen LogP contribution >= 0.6 is 0 Å². The van der Waals surface area contributed by atoms with Gasteiger partial charge in [0.05, 0.1) is 25.7 Å². The van der Waals surface area contributed by atoms with E-state index in [0.29, 0.717) is 17.7 Å². The minimum atomic E-state index is -1.77. The highest BCUT2D eigenvalue weighted by atomic mass is 16.6. The van der Waals surface area contributed by atoms with E-state index in [9.17, 15) is 19.7 Å². The van der Waals surface area contributed by atoms with E-state index in [4.69, 9.17) is 4.74 Å². The summed E-state index contributed by atoms with van der Waals surface area (Å²) in [4.78, 5) is 40.4. The molecule has 2 aromatic rings. The van der Waals surface area contributed by atoms with Gasteiger partial charge in [0.2, 0.25) is 11.8 Å². The molecular formula is C23H20N2O5. The van der Waals surface area contributed by atoms with Gasteiger partial charge in [-0.15, -0.1) is 6.58 Å². The van der Waals surface area contributed by atoms with E-state index in [0.717, 1.165) is 16.0 Å². The second-order valence-corrected chi connectivity index (χ2v) is 7.87. The Labute approximate surface area is 173 Å². The Morgan fingerprint density at radius 2 is 1.67 bits per heavy atom. The van der Waals surface area contributed by atoms with E-state index in [1.807, 2.05) is 24.3 Å². The van der Waals surface area contributed by atoms with E-state index >= 15 is 0 Å². The number of likely N-dealkylation sites (tertiary alicyclic amines) is 1. The molecule has 0 aromatic heterocycles. The van der Waals surface area contributed by atoms with Crippen LogP contribution in [0.3, 0.4) is 0 Å². The van der Waals surface area contributed by atoms with Crippen molar-refractivity contribution < 1.29 is 19.2 Å². The van der Waals surface area contributed by atoms with Crippen LogP contribution in [0.25, 0.3) is 0 Å². The Bertz CT molecular complexity index is 1050. The standard InChI is InChI=1S/C23H20N2O5/c1-2-12-30-13-11-24-21(26)19-18-14-7-3-5-9-16(14)23(25(28)29,20(19)22(24)27)17-10-6-4-8-15(17)18/h2-10,18-20H,1,11-13H2/t18?,19-,20-,23?/m1/s1. The zero-order valence-corrected chi connectivity index (χ0v) is 16.2. The summed E-state index contributed by atoms with van der Waals surface area (Å²) in [5, 5.41) is 12.7. The number of carbonyl (C=O) groups excluding carboxylic acids is 2. The second kappa shape index (κ2) is 6.60. The van der Waals surface area contributed by atoms with E-state index < -0.39 is 23.3 Å². The normalized spacial score (nSPS) is 28.1. The van der Waals surface area contributed by atoms with Crippen molar-refractivity contribution in [1.82, 2.24) is 4.90 Å². The predicted molar refractivity (Wildman–Crippen MR) is 107 cm³/mol. The highest BCUT2D eigenvalue weighted by Crippen LogP contribution is 2.64. The predicted octanol–water partition coefficient (Wildman–Crippen LogP) is 2.47. The van der Waals surface area contributed by atoms with E-state index in [1.54, 1.807) is 30.3 Å². The lowest BCUT2D eigenvalue weighted by Crippen LogP contribution is -2.57. The molecule has 7 nitrogen and oxygen atoms in total. The molecule has 0 spiro atoms. The van der Waals surface area contributed by atoms with Crippen molar-refractivity contribution in [3.8, 4) is 0 Å². The summed E-state index contributed by atoms with van der Waals surface area (Å²) in [7, 11) is 0. The fourth-order valence-corrected chi connectivity index (χ4v) is 5.64. The van der Waals surface area contributed by atoms with Crippen LogP contribution in [0.4, 0.5) is 0 Å². The van der Waals surface area contributed by atoms with Crippen LogP contribution in [-0.4, -0.2) is 41.4 Å². The van der Waals surface area contributed by atoms with E-state index in [1.165, 1.54) is 0 Å². The maximum Gasteiger partial charge on any atom is 0.284 e. The molecule has 152 valence electrons. The summed E-state index contributed by atoms with van der Waals surface area (Å²) in [5.41, 5.74) is 0.799. The minimum absolute atomic E-state index is 0.0751. The van der Waals surface area contributed by atoms with Gasteiger partial charge in [0.1, 0.15) is 5.92 Å². The summed E-state index contributed by atoms with van der Waals surface area (Å²) in [6.07, 6.45) is 1.59. The van der Waals surface area contributed by atoms with Crippen molar-refractivity contribution in [2.24, 2.45) is 11.8 Å². The van der Waals surface area contributed by atoms with Gasteiger partial charge in [0.25, 0.3) is 5.54 Å². The average Bonchev–Trinajstić information content (AvgIpc) is 3.02. The van der Waals surface area contributed by atoms with Crippen molar-refractivity contribution in [3.63, 3.8) is 0 Å². The first-order chi connectivity index (χ1) is 14.5. The molecule has 7 heteroatoms. The van der Waals surface area contributed by atoms with Crippen molar-refractivity contribution in [2.45, 2.75) is 11.5 Å². The first-order valence-electron chi connectivity index (χ1n) is 9.92. The number of rotatable bonds is 6. The summed E-state index contributed by atoms with van der Waals surface area (Å²) < 4.78 is 5.36. The lowest BCUT2D eigenvalue weighted by atomic mass is 9.51. The van der Waals surface area contributed by atoms with Gasteiger partial charge < -0.3 is 4.74 Å². The number of ether oxygens (including phenoxy) is 1. The maximum absolute atomic E-state index is 13.5. The van der Waals surface area contributed by atoms with Gasteiger partial charge in [-0.2, -0.15) is 0 Å². The average molecular weight is 404 g/mol. The first-order valence-corrected chi connectivity index (χ1v) is 9.92. The zero-order valence-electron chi connectivity index (χ0n) is 16.2. The Kier molecular flexibility index (Phi) is 4.11. The summed E-state index contributed by atoms with van der Waals surface area (Å²) in [6, 6.07) is 14.3. The van der Waals surface area contributed by atoms with Gasteiger partial charge in [0, 0.05) is 22.0 Å². The third-order valence-corrected chi connectivity index (χ3v) is 6.65. The second-order valence-electron chi connectivity index (χ2n) is 7.87. The van der Waals surface area contributed by atoms with Crippen molar-refractivity contribution in [2.75, 3.05) is 19.8 Å². The smallest absolute Gasteiger partial charge is 0.284 e. The molecule has 1 aliphatic heterocycles. The number of amides is 2. The molecule has 2 amide bonds. The number of nitrogens with zero attached hydrogens (tertiary/aromatic N) is 2. The molecule has 30 heavy (non-hydrogen) atoms. The van der Waals surface area contributed by atoms with Gasteiger partial charge in [-0.25, -0.2) is 0 Å². The molecule has 0 N–H and O–H groups in total. The molecule has 6 rings (SSSR count). The molecule has 1 fully saturated rings. The fraction of sp³-hybridized carbons (Fsp3) is 0.304. The lowest BCUT2D eigenvalue weighted by Gasteiger charge is -2.48. The number of hydrogen-bond donors (Lipinski definition) is 0. The maximum atomic E-state index is 13.5. The third-order valence-electron chi connectivity index (χ3n) is 6.65. The van der Waals surface area contributed by atoms with Gasteiger partial charge in [0.15, 0.2) is 0 Å². The molecule has 3 aliphatic carbocycles. The van der Waals surface area contributed by atoms with Crippen molar-refractivity contribution in [1.29, 1.82) is 0 Å². The van der Waals surface area contributed by atoms with Crippen LogP contribution in [0.1, 0.15) is 28.2 Å². The number of imide groups is 1. The third kappa shape index (κ3) is 2.13. The summed E-state index contributed by atoms with van der Waals surface area (Å²) in [6.45, 7) is 4.12. The van der Waals surface area contributed by atoms with Crippen molar-refractivity contribution in [3.05, 3.63) is 93.6 Å². The van der Waals surface area contributed by atoms with Crippen LogP contribution < -0.4 is 0 Å². The number of hydrogen-bond acceptors (Lipinski definition) is 5. The lowest BCUT2D eigenvalue weighted by molar-refractivity contribution is -0.578. The fourth-order valence-electron chi connectivity index (χ4n) is 5.64. The van der Waals surface area contributed by atoms with Crippen LogP contribution in [0, 0.1) is 22.0 Å². The number of nitro groups is 1. The molecule has 2 aromatic carbocycles. The van der Waals surface area contributed by atoms with E-state index in [-0.39, 0.29) is 29.9 Å². The van der Waals surface area contributed by atoms with Crippen molar-refractivity contribution >= 4 is 11.8 Å². The molecular weight excluding hydrogens is 384 g/mol. The molecule has 2 bridgehead atoms. The largest absolute Gasteiger partial charge is 0.376 e. The Morgan fingerprint density at radius 1 is 1.07 bits per heavy atom. The van der Waals surface area contributed by atoms with Gasteiger partial charge in [-0.3, -0.25) is 24.6 Å². The number of benzene rings is 2. The summed E-state index contributed by atoms with van der Waals surface area (Å²) >= 11 is 0. The molecule has 1 heterocycles. The van der Waals surface area contributed by atoms with Gasteiger partial charge in [-0.05, 0) is 11.1 Å². The van der Waals surface area contributed by atoms with Crippen LogP contribution in [0.15, 0.2) is 61.2 Å². The Balaban J connectivity index is 1.70. The number of carbonyl (C=O) groups is 2. The van der Waals surface area contributed by atoms with E-state index in [2.05, 4.69) is 6.58 Å². The Hall–Kier alpha value is -3.32. The Morgan fingerprint density at radius 3 is 2.23 bits per heavy atom. The zero-order chi connectivity index (χ0) is 21.0. The molecule has 0 unspecified atom stereocenters. The monoisotopic (exact) mass is 404 g/mol.